The predicted octanol–water partition coefficient (Wildman–Crippen LogP) is 6.18. The number of benzene rings is 2. The molecule has 0 unspecified atom stereocenters. The van der Waals surface area contributed by atoms with E-state index < -0.39 is 0 Å². The average molecular weight is 376 g/mol. The van der Waals surface area contributed by atoms with Crippen LogP contribution in [0, 0.1) is 0 Å². The van der Waals surface area contributed by atoms with Crippen molar-refractivity contribution in [1.82, 2.24) is 4.68 Å². The van der Waals surface area contributed by atoms with Crippen LogP contribution < -0.4 is 4.80 Å². The van der Waals surface area contributed by atoms with Crippen LogP contribution in [0.5, 0.6) is 0 Å². The summed E-state index contributed by atoms with van der Waals surface area (Å²) in [5.74, 6) is 0. The van der Waals surface area contributed by atoms with Gasteiger partial charge in [0.2, 0.25) is 4.80 Å². The van der Waals surface area contributed by atoms with E-state index in [4.69, 9.17) is 10.1 Å². The molecule has 1 heterocycles. The zero-order valence-corrected chi connectivity index (χ0v) is 16.6. The van der Waals surface area contributed by atoms with Gasteiger partial charge in [-0.25, -0.2) is 9.67 Å². The summed E-state index contributed by atoms with van der Waals surface area (Å²) >= 11 is 1.65. The first-order valence-corrected chi connectivity index (χ1v) is 10.7. The first kappa shape index (κ1) is 17.9. The molecule has 1 saturated carbocycles. The fourth-order valence-electron chi connectivity index (χ4n) is 3.40. The molecule has 27 heavy (non-hydrogen) atoms. The quantitative estimate of drug-likeness (QED) is 0.521. The maximum atomic E-state index is 5.04. The Hall–Kier alpha value is -2.46. The Morgan fingerprint density at radius 2 is 1.67 bits per heavy atom. The topological polar surface area (TPSA) is 29.6 Å². The fraction of sp³-hybridized carbons (Fsp3) is 0.304. The molecule has 0 bridgehead atoms. The van der Waals surface area contributed by atoms with Crippen molar-refractivity contribution in [3.8, 4) is 11.3 Å². The first-order valence-electron chi connectivity index (χ1n) is 9.80. The van der Waals surface area contributed by atoms with Gasteiger partial charge < -0.3 is 0 Å². The van der Waals surface area contributed by atoms with Crippen LogP contribution in [0.3, 0.4) is 0 Å². The van der Waals surface area contributed by atoms with E-state index in [9.17, 15) is 0 Å². The van der Waals surface area contributed by atoms with Gasteiger partial charge in [0.1, 0.15) is 0 Å². The van der Waals surface area contributed by atoms with Gasteiger partial charge in [-0.2, -0.15) is 5.10 Å². The molecular formula is C23H25N3S. The Bertz CT molecular complexity index is 970. The SMILES string of the molecule is CCc1ccc(-c2csc(=Nc3ccccc3)n2N=C2CCCCC2)cc1. The summed E-state index contributed by atoms with van der Waals surface area (Å²) in [6, 6.07) is 18.9. The summed E-state index contributed by atoms with van der Waals surface area (Å²) in [5, 5.41) is 7.22. The summed E-state index contributed by atoms with van der Waals surface area (Å²) in [7, 11) is 0. The third-order valence-corrected chi connectivity index (χ3v) is 5.81. The summed E-state index contributed by atoms with van der Waals surface area (Å²) in [5.41, 5.74) is 5.92. The normalized spacial score (nSPS) is 15.1. The van der Waals surface area contributed by atoms with E-state index in [1.54, 1.807) is 11.3 Å². The zero-order chi connectivity index (χ0) is 18.5. The van der Waals surface area contributed by atoms with Crippen LogP contribution in [0.4, 0.5) is 5.69 Å². The molecule has 0 aliphatic heterocycles. The molecule has 0 atom stereocenters. The number of hydrogen-bond acceptors (Lipinski definition) is 3. The highest BCUT2D eigenvalue weighted by atomic mass is 32.1. The minimum Gasteiger partial charge on any atom is -0.220 e. The Kier molecular flexibility index (Phi) is 5.64. The van der Waals surface area contributed by atoms with E-state index in [1.165, 1.54) is 36.1 Å². The highest BCUT2D eigenvalue weighted by molar-refractivity contribution is 7.07. The Balaban J connectivity index is 1.82. The predicted molar refractivity (Wildman–Crippen MR) is 115 cm³/mol. The molecular weight excluding hydrogens is 350 g/mol. The molecule has 1 aliphatic rings. The molecule has 2 aromatic carbocycles. The molecule has 0 saturated heterocycles. The molecule has 0 amide bonds. The van der Waals surface area contributed by atoms with E-state index in [0.29, 0.717) is 0 Å². The van der Waals surface area contributed by atoms with Crippen molar-refractivity contribution in [1.29, 1.82) is 0 Å². The van der Waals surface area contributed by atoms with Crippen molar-refractivity contribution in [2.45, 2.75) is 45.4 Å². The van der Waals surface area contributed by atoms with Gasteiger partial charge in [-0.1, -0.05) is 55.8 Å². The van der Waals surface area contributed by atoms with Crippen LogP contribution in [-0.4, -0.2) is 10.4 Å². The molecule has 1 aromatic heterocycles. The number of aromatic nitrogens is 1. The van der Waals surface area contributed by atoms with Crippen LogP contribution in [0.25, 0.3) is 11.3 Å². The third kappa shape index (κ3) is 4.28. The molecule has 3 nitrogen and oxygen atoms in total. The second kappa shape index (κ2) is 8.49. The van der Waals surface area contributed by atoms with E-state index >= 15 is 0 Å². The van der Waals surface area contributed by atoms with Gasteiger partial charge in [-0.05, 0) is 49.8 Å². The summed E-state index contributed by atoms with van der Waals surface area (Å²) in [4.78, 5) is 5.79. The Morgan fingerprint density at radius 1 is 0.926 bits per heavy atom. The first-order chi connectivity index (χ1) is 13.3. The van der Waals surface area contributed by atoms with Crippen LogP contribution >= 0.6 is 11.3 Å². The molecule has 4 rings (SSSR count). The molecule has 0 spiro atoms. The van der Waals surface area contributed by atoms with Crippen molar-refractivity contribution < 1.29 is 0 Å². The fourth-order valence-corrected chi connectivity index (χ4v) is 4.25. The van der Waals surface area contributed by atoms with Crippen LogP contribution in [0.2, 0.25) is 0 Å². The number of hydrogen-bond donors (Lipinski definition) is 0. The van der Waals surface area contributed by atoms with Crippen molar-refractivity contribution in [3.05, 3.63) is 70.3 Å². The van der Waals surface area contributed by atoms with Gasteiger partial charge in [0.25, 0.3) is 0 Å². The monoisotopic (exact) mass is 375 g/mol. The second-order valence-corrected chi connectivity index (χ2v) is 7.78. The van der Waals surface area contributed by atoms with Gasteiger partial charge in [-0.3, -0.25) is 0 Å². The molecule has 1 fully saturated rings. The van der Waals surface area contributed by atoms with E-state index in [2.05, 4.69) is 41.2 Å². The number of aryl methyl sites for hydroxylation is 1. The lowest BCUT2D eigenvalue weighted by Crippen LogP contribution is -2.15. The van der Waals surface area contributed by atoms with Gasteiger partial charge in [-0.15, -0.1) is 11.3 Å². The number of thiazole rings is 1. The number of rotatable bonds is 4. The summed E-state index contributed by atoms with van der Waals surface area (Å²) in [6.45, 7) is 2.19. The smallest absolute Gasteiger partial charge is 0.211 e. The molecule has 0 N–H and O–H groups in total. The minimum absolute atomic E-state index is 0.925. The van der Waals surface area contributed by atoms with Crippen LogP contribution in [-0.2, 0) is 6.42 Å². The zero-order valence-electron chi connectivity index (χ0n) is 15.8. The average Bonchev–Trinajstić information content (AvgIpc) is 3.12. The molecule has 4 heteroatoms. The standard InChI is InChI=1S/C23H25N3S/c1-2-18-13-15-19(16-14-18)22-17-27-23(24-20-9-5-3-6-10-20)26(22)25-21-11-7-4-8-12-21/h3,5-6,9-10,13-17H,2,4,7-8,11-12H2,1H3. The Labute approximate surface area is 164 Å². The van der Waals surface area contributed by atoms with Crippen molar-refractivity contribution >= 4 is 22.7 Å². The Morgan fingerprint density at radius 3 is 2.37 bits per heavy atom. The molecule has 1 aliphatic carbocycles. The van der Waals surface area contributed by atoms with Crippen LogP contribution in [0.1, 0.15) is 44.6 Å². The molecule has 0 radical (unpaired) electrons. The highest BCUT2D eigenvalue weighted by Gasteiger charge is 2.12. The lowest BCUT2D eigenvalue weighted by Gasteiger charge is -2.13. The third-order valence-electron chi connectivity index (χ3n) is 5.00. The summed E-state index contributed by atoms with van der Waals surface area (Å²) < 4.78 is 2.05. The van der Waals surface area contributed by atoms with Gasteiger partial charge >= 0.3 is 0 Å². The lowest BCUT2D eigenvalue weighted by atomic mass is 9.99. The minimum atomic E-state index is 0.925. The lowest BCUT2D eigenvalue weighted by molar-refractivity contribution is 0.656. The molecule has 138 valence electrons. The second-order valence-electron chi connectivity index (χ2n) is 6.94. The summed E-state index contributed by atoms with van der Waals surface area (Å²) in [6.07, 6.45) is 7.06. The maximum absolute atomic E-state index is 5.04. The largest absolute Gasteiger partial charge is 0.220 e. The molecule has 3 aromatic rings. The van der Waals surface area contributed by atoms with Crippen molar-refractivity contribution in [3.63, 3.8) is 0 Å². The van der Waals surface area contributed by atoms with Gasteiger partial charge in [0.05, 0.1) is 11.4 Å². The van der Waals surface area contributed by atoms with Crippen molar-refractivity contribution in [2.24, 2.45) is 10.1 Å². The van der Waals surface area contributed by atoms with Crippen LogP contribution in [0.15, 0.2) is 70.1 Å². The number of para-hydroxylation sites is 1. The highest BCUT2D eigenvalue weighted by Crippen LogP contribution is 2.23. The van der Waals surface area contributed by atoms with Gasteiger partial charge in [0, 0.05) is 16.7 Å². The van der Waals surface area contributed by atoms with Crippen molar-refractivity contribution in [2.75, 3.05) is 0 Å². The van der Waals surface area contributed by atoms with E-state index in [1.807, 2.05) is 30.3 Å². The van der Waals surface area contributed by atoms with E-state index in [0.717, 1.165) is 35.4 Å². The number of nitrogens with zero attached hydrogens (tertiary/aromatic N) is 3. The van der Waals surface area contributed by atoms with E-state index in [-0.39, 0.29) is 0 Å². The van der Waals surface area contributed by atoms with Gasteiger partial charge in [0.15, 0.2) is 0 Å². The maximum Gasteiger partial charge on any atom is 0.211 e.